The maximum Gasteiger partial charge on any atom is 0.166 e. The van der Waals surface area contributed by atoms with E-state index in [-0.39, 0.29) is 0 Å². The zero-order chi connectivity index (χ0) is 5.86. The molecule has 0 radical (unpaired) electrons. The van der Waals surface area contributed by atoms with Gasteiger partial charge < -0.3 is 5.11 Å². The number of hydrogen-bond donors (Lipinski definition) is 1. The summed E-state index contributed by atoms with van der Waals surface area (Å²) in [5, 5.41) is 8.14. The van der Waals surface area contributed by atoms with Gasteiger partial charge in [0.1, 0.15) is 0 Å². The van der Waals surface area contributed by atoms with Crippen LogP contribution < -0.4 is 0 Å². The minimum atomic E-state index is -0.789. The van der Waals surface area contributed by atoms with Crippen molar-refractivity contribution < 1.29 is 9.90 Å². The molecule has 0 aliphatic rings. The van der Waals surface area contributed by atoms with Crippen LogP contribution in [-0.4, -0.2) is 11.1 Å². The van der Waals surface area contributed by atoms with Crippen molar-refractivity contribution in [3.8, 4) is 0 Å². The van der Waals surface area contributed by atoms with Crippen LogP contribution in [0.1, 0.15) is 20.3 Å². The topological polar surface area (TPSA) is 37.3 Å². The van der Waals surface area contributed by atoms with Crippen molar-refractivity contribution in [1.29, 1.82) is 0 Å². The largest absolute Gasteiger partial charge is 0.503 e. The Labute approximate surface area is 43.2 Å². The quantitative estimate of drug-likeness (QED) is 0.462. The van der Waals surface area contributed by atoms with Gasteiger partial charge in [0, 0.05) is 0 Å². The van der Waals surface area contributed by atoms with Crippen molar-refractivity contribution in [2.24, 2.45) is 0 Å². The molecule has 46 valence electrons. The second kappa shape index (κ2) is 5.34. The van der Waals surface area contributed by atoms with Crippen molar-refractivity contribution in [3.63, 3.8) is 0 Å². The van der Waals surface area contributed by atoms with Crippen molar-refractivity contribution >= 4 is 5.97 Å². The fourth-order valence-electron chi connectivity index (χ4n) is 0.151. The Hall–Kier alpha value is -2.66. The SMILES string of the molecule is CC[C-](C)C(=O)O.[Rf].[Rf]. The molecular formula is C5H9O2Rf2-. The van der Waals surface area contributed by atoms with Gasteiger partial charge in [-0.3, -0.25) is 10.7 Å². The van der Waals surface area contributed by atoms with Crippen LogP contribution in [0.25, 0.3) is 0 Å². The van der Waals surface area contributed by atoms with Crippen LogP contribution in [0, 0.1) is 5.92 Å². The Bertz CT molecular complexity index is 75.4. The van der Waals surface area contributed by atoms with Crippen molar-refractivity contribution in [2.75, 3.05) is 0 Å². The second-order valence-electron chi connectivity index (χ2n) is 1.44. The van der Waals surface area contributed by atoms with Crippen LogP contribution in [-0.2, 0) is 4.79 Å². The third kappa shape index (κ3) is 5.34. The predicted molar refractivity (Wildman–Crippen MR) is 26.8 cm³/mol. The summed E-state index contributed by atoms with van der Waals surface area (Å²) < 4.78 is 0. The fraction of sp³-hybridized carbons (Fsp3) is 0.600. The minimum Gasteiger partial charge on any atom is -0.503 e. The Morgan fingerprint density at radius 2 is 1.89 bits per heavy atom. The zero-order valence-electron chi connectivity index (χ0n) is 5.98. The van der Waals surface area contributed by atoms with E-state index in [1.807, 2.05) is 6.92 Å². The molecular weight excluding hydrogens is 626 g/mol. The van der Waals surface area contributed by atoms with Gasteiger partial charge in [-0.05, 0) is 0 Å². The molecule has 0 heterocycles. The molecule has 9 heavy (non-hydrogen) atoms. The van der Waals surface area contributed by atoms with E-state index in [2.05, 4.69) is 0 Å². The van der Waals surface area contributed by atoms with Gasteiger partial charge in [0.25, 0.3) is 0 Å². The normalized spacial score (nSPS) is 6.44. The molecule has 0 aromatic carbocycles. The molecule has 0 aliphatic carbocycles. The van der Waals surface area contributed by atoms with E-state index < -0.39 is 5.97 Å². The summed E-state index contributed by atoms with van der Waals surface area (Å²) in [6, 6.07) is 0. The van der Waals surface area contributed by atoms with Crippen LogP contribution in [0.5, 0.6) is 0 Å². The van der Waals surface area contributed by atoms with E-state index in [4.69, 9.17) is 5.11 Å². The van der Waals surface area contributed by atoms with Crippen LogP contribution in [0.4, 0.5) is 0 Å². The Morgan fingerprint density at radius 1 is 1.56 bits per heavy atom. The Kier molecular flexibility index (Phi) is 9.62. The Balaban J connectivity index is -0.000000180. The first-order valence-electron chi connectivity index (χ1n) is 2.24. The first-order chi connectivity index (χ1) is 3.18. The van der Waals surface area contributed by atoms with Gasteiger partial charge >= 0.3 is 0 Å². The van der Waals surface area contributed by atoms with Crippen molar-refractivity contribution in [3.05, 3.63) is 5.92 Å². The molecule has 0 spiro atoms. The average molecular weight is 635 g/mol. The second-order valence-corrected chi connectivity index (χ2v) is 1.44. The van der Waals surface area contributed by atoms with Gasteiger partial charge in [0.2, 0.25) is 0 Å². The number of aliphatic carboxylic acids is 1. The fourth-order valence-corrected chi connectivity index (χ4v) is 0.151. The van der Waals surface area contributed by atoms with E-state index in [9.17, 15) is 4.79 Å². The summed E-state index contributed by atoms with van der Waals surface area (Å²) in [4.78, 5) is 9.89. The summed E-state index contributed by atoms with van der Waals surface area (Å²) in [7, 11) is 0. The molecule has 0 saturated carbocycles. The molecule has 0 aliphatic heterocycles. The van der Waals surface area contributed by atoms with Crippen molar-refractivity contribution in [2.45, 2.75) is 20.3 Å². The summed E-state index contributed by atoms with van der Waals surface area (Å²) in [5.74, 6) is -0.275. The third-order valence-corrected chi connectivity index (χ3v) is 0.895. The summed E-state index contributed by atoms with van der Waals surface area (Å²) in [5.41, 5.74) is 0. The van der Waals surface area contributed by atoms with Crippen LogP contribution in [0.15, 0.2) is 0 Å². The molecule has 0 atom stereocenters. The molecule has 1 N–H and O–H groups in total. The van der Waals surface area contributed by atoms with Gasteiger partial charge in [-0.25, -0.2) is 0 Å². The van der Waals surface area contributed by atoms with Gasteiger partial charge in [0.05, 0.1) is 0 Å². The van der Waals surface area contributed by atoms with E-state index in [0.29, 0.717) is 12.3 Å². The number of rotatable bonds is 2. The monoisotopic (exact) mass is 635 g/mol. The molecule has 0 unspecified atom stereocenters. The third-order valence-electron chi connectivity index (χ3n) is 0.895. The molecule has 0 aromatic rings. The smallest absolute Gasteiger partial charge is 0.166 e. The first kappa shape index (κ1) is 16.2. The van der Waals surface area contributed by atoms with E-state index in [1.165, 1.54) is 0 Å². The Morgan fingerprint density at radius 3 is 1.89 bits per heavy atom. The summed E-state index contributed by atoms with van der Waals surface area (Å²) in [6.45, 7) is 3.44. The van der Waals surface area contributed by atoms with Gasteiger partial charge in [-0.2, -0.15) is 13.3 Å². The molecule has 0 aromatic heterocycles. The maximum atomic E-state index is 9.89. The number of carboxylic acids is 1. The zero-order valence-corrected chi connectivity index (χ0v) is 18.8. The predicted octanol–water partition coefficient (Wildman–Crippen LogP) is 1.08. The summed E-state index contributed by atoms with van der Waals surface area (Å²) in [6.07, 6.45) is 0.634. The van der Waals surface area contributed by atoms with Gasteiger partial charge in [-0.1, -0.05) is 6.92 Å². The standard InChI is InChI=1S/C5H9O2.2Rf/c1-3-4(2)5(6)7;;/h3H2,1-2H3,(H,6,7);;/q-1;;. The van der Waals surface area contributed by atoms with Gasteiger partial charge in [0.15, 0.2) is 5.97 Å². The first-order valence-corrected chi connectivity index (χ1v) is 2.24. The van der Waals surface area contributed by atoms with Gasteiger partial charge in [-0.15, -0.1) is 0 Å². The number of carbonyl (C=O) groups is 1. The summed E-state index contributed by atoms with van der Waals surface area (Å²) >= 11 is 0. The minimum absolute atomic E-state index is 0. The number of hydrogen-bond acceptors (Lipinski definition) is 1. The average Bonchev–Trinajstić information content (AvgIpc) is 1.65. The van der Waals surface area contributed by atoms with Crippen LogP contribution in [0.3, 0.4) is 0 Å². The van der Waals surface area contributed by atoms with E-state index in [1.54, 1.807) is 6.92 Å². The van der Waals surface area contributed by atoms with Crippen molar-refractivity contribution in [1.82, 2.24) is 0 Å². The molecule has 0 rings (SSSR count). The molecule has 0 bridgehead atoms. The molecule has 0 amide bonds. The van der Waals surface area contributed by atoms with Crippen LogP contribution >= 0.6 is 0 Å². The van der Waals surface area contributed by atoms with Crippen LogP contribution in [0.2, 0.25) is 0 Å². The molecule has 0 saturated heterocycles. The van der Waals surface area contributed by atoms with E-state index in [0.717, 1.165) is 0 Å². The number of carboxylic acid groups (broad SMARTS) is 1. The molecule has 2 nitrogen and oxygen atoms in total. The maximum absolute atomic E-state index is 9.89. The van der Waals surface area contributed by atoms with E-state index >= 15 is 0 Å². The molecule has 4 heteroatoms. The molecule has 0 fully saturated rings.